The highest BCUT2D eigenvalue weighted by Gasteiger charge is 2.37. The molecule has 124 valence electrons. The first-order chi connectivity index (χ1) is 10.1. The third-order valence-corrected chi connectivity index (χ3v) is 6.24. The van der Waals surface area contributed by atoms with Crippen LogP contribution in [0.25, 0.3) is 0 Å². The zero-order valence-electron chi connectivity index (χ0n) is 13.5. The fourth-order valence-electron chi connectivity index (χ4n) is 2.35. The topological polar surface area (TPSA) is 98.0 Å². The average Bonchev–Trinajstić information content (AvgIpc) is 2.86. The van der Waals surface area contributed by atoms with Crippen LogP contribution in [-0.2, 0) is 25.9 Å². The monoisotopic (exact) mass is 329 g/mol. The smallest absolute Gasteiger partial charge is 0.246 e. The van der Waals surface area contributed by atoms with Crippen molar-refractivity contribution < 1.29 is 13.2 Å². The maximum absolute atomic E-state index is 12.2. The fraction of sp³-hybridized carbons (Fsp3) is 0.846. The van der Waals surface area contributed by atoms with Gasteiger partial charge in [0.1, 0.15) is 11.3 Å². The van der Waals surface area contributed by atoms with Crippen LogP contribution < -0.4 is 0 Å². The summed E-state index contributed by atoms with van der Waals surface area (Å²) in [6.45, 7) is 6.66. The van der Waals surface area contributed by atoms with Crippen molar-refractivity contribution in [3.63, 3.8) is 0 Å². The molecular formula is C13H23N5O3S. The first kappa shape index (κ1) is 16.9. The Morgan fingerprint density at radius 3 is 2.68 bits per heavy atom. The molecule has 1 amide bonds. The minimum absolute atomic E-state index is 0.0143. The van der Waals surface area contributed by atoms with E-state index in [1.54, 1.807) is 4.90 Å². The molecule has 1 aliphatic rings. The number of likely N-dealkylation sites (tertiary alicyclic amines) is 1. The van der Waals surface area contributed by atoms with Gasteiger partial charge in [-0.3, -0.25) is 4.79 Å². The van der Waals surface area contributed by atoms with Crippen LogP contribution in [0.3, 0.4) is 0 Å². The van der Waals surface area contributed by atoms with Crippen molar-refractivity contribution in [3.05, 3.63) is 5.82 Å². The van der Waals surface area contributed by atoms with Gasteiger partial charge in [0.25, 0.3) is 0 Å². The first-order valence-electron chi connectivity index (χ1n) is 7.37. The lowest BCUT2D eigenvalue weighted by molar-refractivity contribution is -0.134. The second-order valence-electron chi connectivity index (χ2n) is 6.51. The number of carbonyl (C=O) groups excluding carboxylic acids is 1. The molecule has 1 atom stereocenters. The number of amides is 1. The third-order valence-electron chi connectivity index (χ3n) is 4.20. The van der Waals surface area contributed by atoms with E-state index in [0.29, 0.717) is 5.92 Å². The Balaban J connectivity index is 2.08. The van der Waals surface area contributed by atoms with Gasteiger partial charge in [-0.2, -0.15) is 4.80 Å². The van der Waals surface area contributed by atoms with E-state index in [-0.39, 0.29) is 18.3 Å². The Hall–Kier alpha value is -1.51. The minimum Gasteiger partial charge on any atom is -0.341 e. The van der Waals surface area contributed by atoms with Crippen LogP contribution in [0.1, 0.15) is 39.4 Å². The van der Waals surface area contributed by atoms with E-state index >= 15 is 0 Å². The van der Waals surface area contributed by atoms with Gasteiger partial charge in [0.2, 0.25) is 5.91 Å². The van der Waals surface area contributed by atoms with E-state index in [1.807, 2.05) is 0 Å². The van der Waals surface area contributed by atoms with Crippen molar-refractivity contribution in [2.45, 2.75) is 44.9 Å². The Bertz CT molecular complexity index is 652. The van der Waals surface area contributed by atoms with Gasteiger partial charge < -0.3 is 4.90 Å². The standard InChI is InChI=1S/C13H23N5O3S/c1-10-6-5-7-17(8-10)11(19)9-18-15-12(14-16-18)13(2,3)22(4,20)21/h10H,5-9H2,1-4H3. The van der Waals surface area contributed by atoms with E-state index in [0.717, 1.165) is 32.2 Å². The van der Waals surface area contributed by atoms with Crippen molar-refractivity contribution in [1.82, 2.24) is 25.1 Å². The van der Waals surface area contributed by atoms with E-state index in [1.165, 1.54) is 18.6 Å². The van der Waals surface area contributed by atoms with Gasteiger partial charge in [-0.1, -0.05) is 6.92 Å². The zero-order chi connectivity index (χ0) is 16.5. The average molecular weight is 329 g/mol. The number of hydrogen-bond acceptors (Lipinski definition) is 6. The summed E-state index contributed by atoms with van der Waals surface area (Å²) in [5, 5.41) is 11.7. The largest absolute Gasteiger partial charge is 0.341 e. The lowest BCUT2D eigenvalue weighted by Crippen LogP contribution is -2.41. The number of rotatable bonds is 4. The van der Waals surface area contributed by atoms with Gasteiger partial charge >= 0.3 is 0 Å². The maximum Gasteiger partial charge on any atom is 0.246 e. The normalized spacial score (nSPS) is 20.2. The molecular weight excluding hydrogens is 306 g/mol. The summed E-state index contributed by atoms with van der Waals surface area (Å²) in [6.07, 6.45) is 3.27. The summed E-state index contributed by atoms with van der Waals surface area (Å²) < 4.78 is 22.3. The molecule has 9 heteroatoms. The molecule has 1 aromatic rings. The predicted octanol–water partition coefficient (Wildman–Crippen LogP) is 0.211. The van der Waals surface area contributed by atoms with Gasteiger partial charge in [0.05, 0.1) is 0 Å². The molecule has 1 fully saturated rings. The molecule has 0 radical (unpaired) electrons. The molecule has 0 aromatic carbocycles. The summed E-state index contributed by atoms with van der Waals surface area (Å²) >= 11 is 0. The second kappa shape index (κ2) is 5.94. The van der Waals surface area contributed by atoms with Crippen LogP contribution in [0.4, 0.5) is 0 Å². The van der Waals surface area contributed by atoms with E-state index in [4.69, 9.17) is 0 Å². The van der Waals surface area contributed by atoms with Gasteiger partial charge in [0, 0.05) is 19.3 Å². The summed E-state index contributed by atoms with van der Waals surface area (Å²) in [5.41, 5.74) is 0. The summed E-state index contributed by atoms with van der Waals surface area (Å²) in [4.78, 5) is 15.2. The number of nitrogens with zero attached hydrogens (tertiary/aromatic N) is 5. The first-order valence-corrected chi connectivity index (χ1v) is 9.26. The maximum atomic E-state index is 12.2. The van der Waals surface area contributed by atoms with Crippen molar-refractivity contribution in [2.75, 3.05) is 19.3 Å². The fourth-order valence-corrected chi connectivity index (χ4v) is 2.77. The quantitative estimate of drug-likeness (QED) is 0.783. The Morgan fingerprint density at radius 2 is 2.09 bits per heavy atom. The molecule has 0 saturated carbocycles. The number of hydrogen-bond donors (Lipinski definition) is 0. The molecule has 0 N–H and O–H groups in total. The van der Waals surface area contributed by atoms with Crippen molar-refractivity contribution in [1.29, 1.82) is 0 Å². The van der Waals surface area contributed by atoms with Gasteiger partial charge in [-0.25, -0.2) is 8.42 Å². The van der Waals surface area contributed by atoms with Crippen molar-refractivity contribution in [3.8, 4) is 0 Å². The Morgan fingerprint density at radius 1 is 1.41 bits per heavy atom. The van der Waals surface area contributed by atoms with Crippen LogP contribution in [-0.4, -0.2) is 58.8 Å². The third kappa shape index (κ3) is 3.45. The molecule has 2 heterocycles. The highest BCUT2D eigenvalue weighted by Crippen LogP contribution is 2.25. The summed E-state index contributed by atoms with van der Waals surface area (Å²) in [6, 6.07) is 0. The van der Waals surface area contributed by atoms with Crippen LogP contribution in [0, 0.1) is 5.92 Å². The molecule has 1 aromatic heterocycles. The van der Waals surface area contributed by atoms with E-state index in [9.17, 15) is 13.2 Å². The molecule has 0 bridgehead atoms. The van der Waals surface area contributed by atoms with E-state index < -0.39 is 14.6 Å². The number of piperidine rings is 1. The minimum atomic E-state index is -3.37. The van der Waals surface area contributed by atoms with Crippen LogP contribution >= 0.6 is 0 Å². The van der Waals surface area contributed by atoms with E-state index in [2.05, 4.69) is 22.3 Å². The summed E-state index contributed by atoms with van der Waals surface area (Å²) in [5.74, 6) is 0.545. The molecule has 0 spiro atoms. The lowest BCUT2D eigenvalue weighted by Gasteiger charge is -2.30. The molecule has 1 saturated heterocycles. The lowest BCUT2D eigenvalue weighted by atomic mass is 10.0. The molecule has 2 rings (SSSR count). The Labute approximate surface area is 130 Å². The van der Waals surface area contributed by atoms with Crippen LogP contribution in [0.5, 0.6) is 0 Å². The number of sulfone groups is 1. The highest BCUT2D eigenvalue weighted by atomic mass is 32.2. The Kier molecular flexibility index (Phi) is 4.55. The molecule has 22 heavy (non-hydrogen) atoms. The van der Waals surface area contributed by atoms with Crippen LogP contribution in [0.2, 0.25) is 0 Å². The molecule has 8 nitrogen and oxygen atoms in total. The van der Waals surface area contributed by atoms with Crippen LogP contribution in [0.15, 0.2) is 0 Å². The van der Waals surface area contributed by atoms with Gasteiger partial charge in [-0.05, 0) is 37.8 Å². The number of carbonyl (C=O) groups is 1. The summed E-state index contributed by atoms with van der Waals surface area (Å²) in [7, 11) is -3.37. The van der Waals surface area contributed by atoms with Crippen molar-refractivity contribution >= 4 is 15.7 Å². The number of tetrazole rings is 1. The second-order valence-corrected chi connectivity index (χ2v) is 9.08. The number of aromatic nitrogens is 4. The molecule has 0 aliphatic carbocycles. The van der Waals surface area contributed by atoms with Crippen molar-refractivity contribution in [2.24, 2.45) is 5.92 Å². The molecule has 1 aliphatic heterocycles. The zero-order valence-corrected chi connectivity index (χ0v) is 14.3. The molecule has 1 unspecified atom stereocenters. The SMILES string of the molecule is CC1CCCN(C(=O)Cn2nnc(C(C)(C)S(C)(=O)=O)n2)C1. The van der Waals surface area contributed by atoms with Gasteiger partial charge in [-0.15, -0.1) is 10.2 Å². The highest BCUT2D eigenvalue weighted by molar-refractivity contribution is 7.91. The van der Waals surface area contributed by atoms with Gasteiger partial charge in [0.15, 0.2) is 15.7 Å². The predicted molar refractivity (Wildman–Crippen MR) is 80.7 cm³/mol.